The van der Waals surface area contributed by atoms with Gasteiger partial charge in [-0.1, -0.05) is 6.07 Å². The second-order valence-corrected chi connectivity index (χ2v) is 8.82. The van der Waals surface area contributed by atoms with Crippen LogP contribution in [-0.2, 0) is 9.59 Å². The van der Waals surface area contributed by atoms with Crippen LogP contribution in [0.25, 0.3) is 0 Å². The predicted molar refractivity (Wildman–Crippen MR) is 119 cm³/mol. The van der Waals surface area contributed by atoms with Crippen LogP contribution in [-0.4, -0.2) is 72.2 Å². The van der Waals surface area contributed by atoms with Crippen LogP contribution in [0.2, 0.25) is 0 Å². The van der Waals surface area contributed by atoms with E-state index in [0.29, 0.717) is 23.4 Å². The summed E-state index contributed by atoms with van der Waals surface area (Å²) in [7, 11) is 0. The zero-order chi connectivity index (χ0) is 22.7. The van der Waals surface area contributed by atoms with Crippen LogP contribution in [0.1, 0.15) is 59.2 Å². The van der Waals surface area contributed by atoms with E-state index in [1.54, 1.807) is 18.2 Å². The summed E-state index contributed by atoms with van der Waals surface area (Å²) in [5.41, 5.74) is 6.88. The first-order valence-corrected chi connectivity index (χ1v) is 11.5. The number of hydrogen-bond donors (Lipinski definition) is 3. The zero-order valence-electron chi connectivity index (χ0n) is 18.3. The summed E-state index contributed by atoms with van der Waals surface area (Å²) in [4.78, 5) is 53.1. The van der Waals surface area contributed by atoms with Crippen molar-refractivity contribution < 1.29 is 19.2 Å². The molecule has 2 fully saturated rings. The Morgan fingerprint density at radius 1 is 1.06 bits per heavy atom. The van der Waals surface area contributed by atoms with E-state index in [9.17, 15) is 19.2 Å². The van der Waals surface area contributed by atoms with Crippen LogP contribution >= 0.6 is 0 Å². The van der Waals surface area contributed by atoms with Gasteiger partial charge in [0.2, 0.25) is 11.8 Å². The number of hydrogen-bond acceptors (Lipinski definition) is 7. The second kappa shape index (κ2) is 9.79. The molecule has 9 nitrogen and oxygen atoms in total. The Bertz CT molecular complexity index is 910. The molecule has 3 aliphatic rings. The minimum atomic E-state index is -0.949. The van der Waals surface area contributed by atoms with Crippen LogP contribution in [0.3, 0.4) is 0 Å². The van der Waals surface area contributed by atoms with Gasteiger partial charge in [0.25, 0.3) is 11.8 Å². The Labute approximate surface area is 187 Å². The van der Waals surface area contributed by atoms with E-state index in [4.69, 9.17) is 5.73 Å². The molecule has 32 heavy (non-hydrogen) atoms. The second-order valence-electron chi connectivity index (χ2n) is 8.82. The summed E-state index contributed by atoms with van der Waals surface area (Å²) in [6, 6.07) is 4.19. The molecule has 1 atom stereocenters. The highest BCUT2D eigenvalue weighted by Crippen LogP contribution is 2.32. The number of amides is 4. The van der Waals surface area contributed by atoms with Crippen LogP contribution in [0.15, 0.2) is 18.2 Å². The molecule has 4 rings (SSSR count). The van der Waals surface area contributed by atoms with Crippen molar-refractivity contribution in [2.75, 3.05) is 38.0 Å². The van der Waals surface area contributed by atoms with Crippen LogP contribution in [0.5, 0.6) is 0 Å². The van der Waals surface area contributed by atoms with Crippen LogP contribution < -0.4 is 16.4 Å². The number of anilines is 1. The molecule has 4 N–H and O–H groups in total. The smallest absolute Gasteiger partial charge is 0.264 e. The summed E-state index contributed by atoms with van der Waals surface area (Å²) in [5.74, 6) is -1.19. The summed E-state index contributed by atoms with van der Waals surface area (Å²) >= 11 is 0. The first kappa shape index (κ1) is 22.4. The van der Waals surface area contributed by atoms with Gasteiger partial charge in [-0.3, -0.25) is 29.4 Å². The summed E-state index contributed by atoms with van der Waals surface area (Å²) in [6.45, 7) is 4.61. The van der Waals surface area contributed by atoms with E-state index in [1.165, 1.54) is 12.8 Å². The fourth-order valence-corrected chi connectivity index (χ4v) is 4.92. The standard InChI is InChI=1S/C23H31N5O4/c24-10-7-15-8-13-27(14-9-15)12-2-11-25-17-4-1-3-16-20(17)23(32)28(22(16)31)18-5-6-19(29)26-21(18)30/h1,3-4,15,18,25H,2,5-14,24H2,(H,26,29,30). The lowest BCUT2D eigenvalue weighted by Crippen LogP contribution is -2.54. The lowest BCUT2D eigenvalue weighted by molar-refractivity contribution is -0.136. The van der Waals surface area contributed by atoms with Gasteiger partial charge in [0.1, 0.15) is 6.04 Å². The molecule has 1 aromatic rings. The SMILES string of the molecule is NCCC1CCN(CCCNc2cccc3c2C(=O)N(C2CCC(=O)NC2=O)C3=O)CC1. The number of carbonyl (C=O) groups excluding carboxylic acids is 4. The van der Waals surface area contributed by atoms with E-state index in [1.807, 2.05) is 0 Å². The molecule has 0 aliphatic carbocycles. The average Bonchev–Trinajstić information content (AvgIpc) is 3.04. The van der Waals surface area contributed by atoms with Gasteiger partial charge < -0.3 is 16.0 Å². The number of imide groups is 2. The van der Waals surface area contributed by atoms with Crippen molar-refractivity contribution in [2.45, 2.75) is 44.6 Å². The topological polar surface area (TPSA) is 125 Å². The number of fused-ring (bicyclic) bond motifs is 1. The largest absolute Gasteiger partial charge is 0.384 e. The monoisotopic (exact) mass is 441 g/mol. The van der Waals surface area contributed by atoms with Crippen molar-refractivity contribution >= 4 is 29.3 Å². The number of nitrogens with two attached hydrogens (primary N) is 1. The highest BCUT2D eigenvalue weighted by molar-refractivity contribution is 6.25. The first-order chi connectivity index (χ1) is 15.5. The third-order valence-electron chi connectivity index (χ3n) is 6.72. The van der Waals surface area contributed by atoms with E-state index < -0.39 is 23.8 Å². The Kier molecular flexibility index (Phi) is 6.86. The predicted octanol–water partition coefficient (Wildman–Crippen LogP) is 0.951. The summed E-state index contributed by atoms with van der Waals surface area (Å²) in [5, 5.41) is 5.53. The number of nitrogens with zero attached hydrogens (tertiary/aromatic N) is 2. The number of nitrogens with one attached hydrogen (secondary N) is 2. The molecule has 1 aromatic carbocycles. The van der Waals surface area contributed by atoms with Crippen molar-refractivity contribution in [2.24, 2.45) is 11.7 Å². The molecular weight excluding hydrogens is 410 g/mol. The van der Waals surface area contributed by atoms with Gasteiger partial charge >= 0.3 is 0 Å². The van der Waals surface area contributed by atoms with Gasteiger partial charge in [0, 0.05) is 18.7 Å². The highest BCUT2D eigenvalue weighted by atomic mass is 16.2. The maximum absolute atomic E-state index is 13.1. The van der Waals surface area contributed by atoms with Crippen molar-refractivity contribution in [3.63, 3.8) is 0 Å². The van der Waals surface area contributed by atoms with E-state index in [2.05, 4.69) is 15.5 Å². The quantitative estimate of drug-likeness (QED) is 0.405. The highest BCUT2D eigenvalue weighted by Gasteiger charge is 2.45. The number of carbonyl (C=O) groups is 4. The third kappa shape index (κ3) is 4.54. The molecule has 0 saturated carbocycles. The maximum atomic E-state index is 13.1. The molecular formula is C23H31N5O4. The fourth-order valence-electron chi connectivity index (χ4n) is 4.92. The molecule has 1 unspecified atom stereocenters. The van der Waals surface area contributed by atoms with Crippen molar-refractivity contribution in [3.05, 3.63) is 29.3 Å². The molecule has 0 aromatic heterocycles. The molecule has 0 spiro atoms. The molecule has 172 valence electrons. The van der Waals surface area contributed by atoms with Crippen LogP contribution in [0, 0.1) is 5.92 Å². The lowest BCUT2D eigenvalue weighted by Gasteiger charge is -2.31. The van der Waals surface area contributed by atoms with Gasteiger partial charge in [-0.05, 0) is 76.3 Å². The van der Waals surface area contributed by atoms with Gasteiger partial charge in [-0.2, -0.15) is 0 Å². The van der Waals surface area contributed by atoms with E-state index in [-0.39, 0.29) is 18.7 Å². The maximum Gasteiger partial charge on any atom is 0.264 e. The number of rotatable bonds is 8. The minimum absolute atomic E-state index is 0.110. The molecule has 4 amide bonds. The first-order valence-electron chi connectivity index (χ1n) is 11.5. The van der Waals surface area contributed by atoms with E-state index >= 15 is 0 Å². The van der Waals surface area contributed by atoms with Gasteiger partial charge in [0.05, 0.1) is 11.1 Å². The number of piperidine rings is 2. The lowest BCUT2D eigenvalue weighted by atomic mass is 9.93. The minimum Gasteiger partial charge on any atom is -0.384 e. The van der Waals surface area contributed by atoms with Gasteiger partial charge in [-0.15, -0.1) is 0 Å². The average molecular weight is 442 g/mol. The van der Waals surface area contributed by atoms with Crippen LogP contribution in [0.4, 0.5) is 5.69 Å². The number of benzene rings is 1. The van der Waals surface area contributed by atoms with Crippen molar-refractivity contribution in [3.8, 4) is 0 Å². The Morgan fingerprint density at radius 2 is 1.84 bits per heavy atom. The Morgan fingerprint density at radius 3 is 2.56 bits per heavy atom. The summed E-state index contributed by atoms with van der Waals surface area (Å²) < 4.78 is 0. The Balaban J connectivity index is 1.34. The number of likely N-dealkylation sites (tertiary alicyclic amines) is 1. The molecule has 0 bridgehead atoms. The molecule has 0 radical (unpaired) electrons. The summed E-state index contributed by atoms with van der Waals surface area (Å²) in [6.07, 6.45) is 4.69. The molecule has 3 heterocycles. The normalized spacial score (nSPS) is 22.3. The van der Waals surface area contributed by atoms with Gasteiger partial charge in [-0.25, -0.2) is 0 Å². The van der Waals surface area contributed by atoms with E-state index in [0.717, 1.165) is 49.8 Å². The zero-order valence-corrected chi connectivity index (χ0v) is 18.3. The van der Waals surface area contributed by atoms with Crippen molar-refractivity contribution in [1.82, 2.24) is 15.1 Å². The molecule has 9 heteroatoms. The van der Waals surface area contributed by atoms with Gasteiger partial charge in [0.15, 0.2) is 0 Å². The fraction of sp³-hybridized carbons (Fsp3) is 0.565. The third-order valence-corrected chi connectivity index (χ3v) is 6.72. The molecule has 2 saturated heterocycles. The van der Waals surface area contributed by atoms with Crippen molar-refractivity contribution in [1.29, 1.82) is 0 Å². The molecule has 3 aliphatic heterocycles. The Hall–Kier alpha value is -2.78.